The van der Waals surface area contributed by atoms with Gasteiger partial charge in [0.1, 0.15) is 5.82 Å². The van der Waals surface area contributed by atoms with E-state index in [-0.39, 0.29) is 0 Å². The molecular weight excluding hydrogens is 282 g/mol. The van der Waals surface area contributed by atoms with Gasteiger partial charge in [0, 0.05) is 29.7 Å². The van der Waals surface area contributed by atoms with E-state index in [1.165, 1.54) is 11.1 Å². The van der Waals surface area contributed by atoms with Crippen LogP contribution in [0.15, 0.2) is 60.6 Å². The molecule has 116 valence electrons. The fourth-order valence-electron chi connectivity index (χ4n) is 2.57. The van der Waals surface area contributed by atoms with Gasteiger partial charge in [-0.15, -0.1) is 0 Å². The highest BCUT2D eigenvalue weighted by atomic mass is 14.9. The molecule has 3 rings (SSSR count). The van der Waals surface area contributed by atoms with Gasteiger partial charge in [0.2, 0.25) is 0 Å². The van der Waals surface area contributed by atoms with Crippen molar-refractivity contribution in [1.82, 2.24) is 15.0 Å². The van der Waals surface area contributed by atoms with Gasteiger partial charge in [0.15, 0.2) is 0 Å². The number of allylic oxidation sites excluding steroid dienone is 6. The van der Waals surface area contributed by atoms with Crippen LogP contribution < -0.4 is 0 Å². The van der Waals surface area contributed by atoms with E-state index in [0.29, 0.717) is 0 Å². The number of aryl methyl sites for hydroxylation is 1. The second kappa shape index (κ2) is 7.14. The van der Waals surface area contributed by atoms with E-state index in [1.54, 1.807) is 0 Å². The molecule has 3 nitrogen and oxygen atoms in total. The van der Waals surface area contributed by atoms with Crippen molar-refractivity contribution in [2.75, 3.05) is 0 Å². The molecule has 0 bridgehead atoms. The Morgan fingerprint density at radius 3 is 2.43 bits per heavy atom. The molecule has 0 N–H and O–H groups in total. The summed E-state index contributed by atoms with van der Waals surface area (Å²) in [4.78, 5) is 13.0. The summed E-state index contributed by atoms with van der Waals surface area (Å²) in [7, 11) is 0. The van der Waals surface area contributed by atoms with Crippen LogP contribution in [0.5, 0.6) is 0 Å². The zero-order chi connectivity index (χ0) is 16.1. The number of hydrogen-bond donors (Lipinski definition) is 0. The standard InChI is InChI=1S/C20H21N3/c1-3-16-6-4-5-7-17(9-8-16)18-10-11-20(23-12-18)19-13-21-15(2)22-14-19/h5,7-14H,3-4,6H2,1-2H3/b7-5+,16-8-,17-9+. The van der Waals surface area contributed by atoms with Crippen LogP contribution >= 0.6 is 0 Å². The maximum absolute atomic E-state index is 4.57. The van der Waals surface area contributed by atoms with Gasteiger partial charge in [0.25, 0.3) is 0 Å². The number of rotatable bonds is 3. The van der Waals surface area contributed by atoms with E-state index in [9.17, 15) is 0 Å². The van der Waals surface area contributed by atoms with E-state index in [4.69, 9.17) is 0 Å². The van der Waals surface area contributed by atoms with Gasteiger partial charge >= 0.3 is 0 Å². The van der Waals surface area contributed by atoms with Gasteiger partial charge < -0.3 is 0 Å². The van der Waals surface area contributed by atoms with Crippen LogP contribution in [0.2, 0.25) is 0 Å². The Kier molecular flexibility index (Phi) is 4.77. The predicted molar refractivity (Wildman–Crippen MR) is 94.7 cm³/mol. The van der Waals surface area contributed by atoms with Gasteiger partial charge in [-0.3, -0.25) is 4.98 Å². The molecule has 0 saturated heterocycles. The highest BCUT2D eigenvalue weighted by Gasteiger charge is 2.04. The monoisotopic (exact) mass is 303 g/mol. The molecule has 23 heavy (non-hydrogen) atoms. The molecule has 0 fully saturated rings. The summed E-state index contributed by atoms with van der Waals surface area (Å²) in [5.41, 5.74) is 5.67. The number of hydrogen-bond acceptors (Lipinski definition) is 3. The summed E-state index contributed by atoms with van der Waals surface area (Å²) in [5, 5.41) is 0. The minimum Gasteiger partial charge on any atom is -0.255 e. The fourth-order valence-corrected chi connectivity index (χ4v) is 2.57. The molecule has 2 aromatic heterocycles. The summed E-state index contributed by atoms with van der Waals surface area (Å²) < 4.78 is 0. The summed E-state index contributed by atoms with van der Waals surface area (Å²) >= 11 is 0. The molecule has 0 atom stereocenters. The first-order valence-corrected chi connectivity index (χ1v) is 8.08. The lowest BCUT2D eigenvalue weighted by atomic mass is 9.99. The third kappa shape index (κ3) is 3.81. The first-order valence-electron chi connectivity index (χ1n) is 8.08. The second-order valence-electron chi connectivity index (χ2n) is 5.69. The average molecular weight is 303 g/mol. The van der Waals surface area contributed by atoms with Crippen LogP contribution in [0, 0.1) is 6.92 Å². The van der Waals surface area contributed by atoms with Gasteiger partial charge in [-0.05, 0) is 37.8 Å². The van der Waals surface area contributed by atoms with Crippen LogP contribution in [-0.2, 0) is 0 Å². The molecular formula is C20H21N3. The average Bonchev–Trinajstić information content (AvgIpc) is 2.56. The molecule has 1 aliphatic carbocycles. The molecule has 0 aliphatic heterocycles. The van der Waals surface area contributed by atoms with Crippen molar-refractivity contribution in [1.29, 1.82) is 0 Å². The van der Waals surface area contributed by atoms with E-state index >= 15 is 0 Å². The lowest BCUT2D eigenvalue weighted by molar-refractivity contribution is 0.907. The van der Waals surface area contributed by atoms with Crippen molar-refractivity contribution in [2.45, 2.75) is 33.1 Å². The molecule has 0 saturated carbocycles. The van der Waals surface area contributed by atoms with Crippen molar-refractivity contribution >= 4 is 5.57 Å². The largest absolute Gasteiger partial charge is 0.255 e. The smallest absolute Gasteiger partial charge is 0.125 e. The number of pyridine rings is 1. The van der Waals surface area contributed by atoms with Crippen molar-refractivity contribution < 1.29 is 0 Å². The molecule has 1 aliphatic rings. The summed E-state index contributed by atoms with van der Waals surface area (Å²) in [6.07, 6.45) is 17.8. The lowest BCUT2D eigenvalue weighted by Crippen LogP contribution is -1.91. The highest BCUT2D eigenvalue weighted by molar-refractivity contribution is 5.76. The van der Waals surface area contributed by atoms with E-state index < -0.39 is 0 Å². The molecule has 0 radical (unpaired) electrons. The molecule has 0 aromatic carbocycles. The summed E-state index contributed by atoms with van der Waals surface area (Å²) in [6, 6.07) is 4.14. The Hall–Kier alpha value is -2.55. The zero-order valence-corrected chi connectivity index (χ0v) is 13.7. The Morgan fingerprint density at radius 1 is 0.957 bits per heavy atom. The Labute approximate surface area is 137 Å². The molecule has 0 spiro atoms. The van der Waals surface area contributed by atoms with Crippen molar-refractivity contribution in [3.63, 3.8) is 0 Å². The zero-order valence-electron chi connectivity index (χ0n) is 13.7. The van der Waals surface area contributed by atoms with Crippen LogP contribution in [0.1, 0.15) is 37.6 Å². The Morgan fingerprint density at radius 2 is 1.74 bits per heavy atom. The van der Waals surface area contributed by atoms with Gasteiger partial charge in [-0.2, -0.15) is 0 Å². The number of nitrogens with zero attached hydrogens (tertiary/aromatic N) is 3. The molecule has 0 unspecified atom stereocenters. The van der Waals surface area contributed by atoms with Crippen molar-refractivity contribution in [3.8, 4) is 11.3 Å². The SMILES string of the molecule is CC/C1=C/C=C(c2ccc(-c3cnc(C)nc3)nc2)\C=C\CC1. The summed E-state index contributed by atoms with van der Waals surface area (Å²) in [6.45, 7) is 4.09. The van der Waals surface area contributed by atoms with Gasteiger partial charge in [-0.1, -0.05) is 42.9 Å². The van der Waals surface area contributed by atoms with E-state index in [2.05, 4.69) is 52.2 Å². The first kappa shape index (κ1) is 15.3. The van der Waals surface area contributed by atoms with E-state index in [1.807, 2.05) is 31.6 Å². The molecule has 3 heteroatoms. The predicted octanol–water partition coefficient (Wildman–Crippen LogP) is 4.92. The third-order valence-electron chi connectivity index (χ3n) is 4.06. The molecule has 2 heterocycles. The second-order valence-corrected chi connectivity index (χ2v) is 5.69. The minimum absolute atomic E-state index is 0.772. The maximum Gasteiger partial charge on any atom is 0.125 e. The third-order valence-corrected chi connectivity index (χ3v) is 4.06. The number of aromatic nitrogens is 3. The fraction of sp³-hybridized carbons (Fsp3) is 0.250. The minimum atomic E-state index is 0.772. The van der Waals surface area contributed by atoms with Crippen LogP contribution in [0.25, 0.3) is 16.8 Å². The molecule has 0 amide bonds. The quantitative estimate of drug-likeness (QED) is 0.808. The maximum atomic E-state index is 4.57. The normalized spacial score (nSPS) is 20.6. The lowest BCUT2D eigenvalue weighted by Gasteiger charge is -2.08. The van der Waals surface area contributed by atoms with E-state index in [0.717, 1.165) is 41.9 Å². The highest BCUT2D eigenvalue weighted by Crippen LogP contribution is 2.23. The Balaban J connectivity index is 1.88. The first-order chi connectivity index (χ1) is 11.3. The van der Waals surface area contributed by atoms with Crippen LogP contribution in [-0.4, -0.2) is 15.0 Å². The van der Waals surface area contributed by atoms with Gasteiger partial charge in [0.05, 0.1) is 5.69 Å². The van der Waals surface area contributed by atoms with Gasteiger partial charge in [-0.25, -0.2) is 9.97 Å². The van der Waals surface area contributed by atoms with Crippen molar-refractivity contribution in [2.24, 2.45) is 0 Å². The molecule has 2 aromatic rings. The summed E-state index contributed by atoms with van der Waals surface area (Å²) in [5.74, 6) is 0.772. The topological polar surface area (TPSA) is 38.7 Å². The van der Waals surface area contributed by atoms with Crippen LogP contribution in [0.4, 0.5) is 0 Å². The van der Waals surface area contributed by atoms with Crippen LogP contribution in [0.3, 0.4) is 0 Å². The van der Waals surface area contributed by atoms with Crippen molar-refractivity contribution in [3.05, 3.63) is 72.0 Å². The Bertz CT molecular complexity index is 750.